The van der Waals surface area contributed by atoms with E-state index in [1.54, 1.807) is 30.6 Å². The number of para-hydroxylation sites is 1. The zero-order chi connectivity index (χ0) is 23.3. The van der Waals surface area contributed by atoms with Crippen LogP contribution in [0.15, 0.2) is 54.9 Å². The zero-order valence-electron chi connectivity index (χ0n) is 18.3. The minimum atomic E-state index is -0.660. The Morgan fingerprint density at radius 1 is 1.00 bits per heavy atom. The summed E-state index contributed by atoms with van der Waals surface area (Å²) in [7, 11) is 3.75. The molecule has 168 valence electrons. The van der Waals surface area contributed by atoms with Crippen molar-refractivity contribution in [3.63, 3.8) is 0 Å². The lowest BCUT2D eigenvalue weighted by Gasteiger charge is -2.17. The number of carbonyl (C=O) groups excluding carboxylic acids is 2. The first kappa shape index (κ1) is 21.0. The van der Waals surface area contributed by atoms with E-state index >= 15 is 0 Å². The Kier molecular flexibility index (Phi) is 5.03. The fraction of sp³-hybridized carbons (Fsp3) is 0.200. The van der Waals surface area contributed by atoms with Crippen LogP contribution >= 0.6 is 0 Å². The first-order valence-electron chi connectivity index (χ1n) is 10.6. The van der Waals surface area contributed by atoms with Gasteiger partial charge in [-0.1, -0.05) is 18.2 Å². The number of aromatic nitrogens is 2. The molecule has 1 aliphatic rings. The van der Waals surface area contributed by atoms with E-state index in [0.29, 0.717) is 34.1 Å². The summed E-state index contributed by atoms with van der Waals surface area (Å²) in [5.41, 5.74) is 3.34. The van der Waals surface area contributed by atoms with Crippen LogP contribution in [0.1, 0.15) is 11.1 Å². The van der Waals surface area contributed by atoms with Gasteiger partial charge in [0.1, 0.15) is 5.75 Å². The Labute approximate surface area is 189 Å². The number of nitrogens with one attached hydrogen (secondary N) is 2. The summed E-state index contributed by atoms with van der Waals surface area (Å²) >= 11 is 0. The van der Waals surface area contributed by atoms with E-state index in [9.17, 15) is 19.8 Å². The molecule has 0 bridgehead atoms. The average molecular weight is 444 g/mol. The van der Waals surface area contributed by atoms with Gasteiger partial charge in [0.05, 0.1) is 22.8 Å². The molecule has 0 spiro atoms. The lowest BCUT2D eigenvalue weighted by Crippen LogP contribution is -2.29. The average Bonchev–Trinajstić information content (AvgIpc) is 3.40. The quantitative estimate of drug-likeness (QED) is 0.341. The number of benzene rings is 2. The van der Waals surface area contributed by atoms with Crippen LogP contribution in [-0.2, 0) is 16.1 Å². The van der Waals surface area contributed by atoms with E-state index in [0.717, 1.165) is 10.9 Å². The summed E-state index contributed by atoms with van der Waals surface area (Å²) in [4.78, 5) is 31.0. The Hall–Kier alpha value is -3.88. The van der Waals surface area contributed by atoms with Crippen molar-refractivity contribution in [2.75, 3.05) is 20.6 Å². The fourth-order valence-electron chi connectivity index (χ4n) is 4.58. The van der Waals surface area contributed by atoms with Crippen molar-refractivity contribution in [3.05, 3.63) is 66.0 Å². The normalized spacial score (nSPS) is 15.3. The van der Waals surface area contributed by atoms with Gasteiger partial charge in [0, 0.05) is 59.0 Å². The third-order valence-electron chi connectivity index (χ3n) is 5.91. The van der Waals surface area contributed by atoms with E-state index in [-0.39, 0.29) is 17.9 Å². The number of rotatable bonds is 6. The van der Waals surface area contributed by atoms with Crippen LogP contribution in [0, 0.1) is 0 Å². The van der Waals surface area contributed by atoms with Crippen molar-refractivity contribution in [1.82, 2.24) is 19.8 Å². The number of hydrogen-bond acceptors (Lipinski definition) is 5. The van der Waals surface area contributed by atoms with Gasteiger partial charge in [0.2, 0.25) is 0 Å². The van der Waals surface area contributed by atoms with Gasteiger partial charge in [0.15, 0.2) is 0 Å². The maximum Gasteiger partial charge on any atom is 0.259 e. The number of phenols is 1. The first-order chi connectivity index (χ1) is 15.8. The van der Waals surface area contributed by atoms with Gasteiger partial charge in [0.25, 0.3) is 11.8 Å². The van der Waals surface area contributed by atoms with Crippen LogP contribution in [0.3, 0.4) is 0 Å². The summed E-state index contributed by atoms with van der Waals surface area (Å²) in [5.74, 6) is -0.846. The number of amides is 2. The number of carbonyl (C=O) groups is 2. The first-order valence-corrected chi connectivity index (χ1v) is 10.6. The highest BCUT2D eigenvalue weighted by molar-refractivity contribution is 6.50. The summed E-state index contributed by atoms with van der Waals surface area (Å²) in [6.45, 7) is 0.722. The number of imide groups is 1. The molecule has 2 aromatic carbocycles. The van der Waals surface area contributed by atoms with Crippen LogP contribution in [0.25, 0.3) is 33.0 Å². The zero-order valence-corrected chi connectivity index (χ0v) is 18.3. The standard InChI is InChI=1S/C25H24N4O4/c1-28(2)11-15(31)12-29-13-19(17-8-7-14(30)9-21(17)29)23-22(24(32)27-25(23)33)18-10-26-20-6-4-3-5-16(18)20/h3-10,13,15,26,30-31H,11-12H2,1-2H3,(H,27,32,33). The number of fused-ring (bicyclic) bond motifs is 2. The Morgan fingerprint density at radius 3 is 2.48 bits per heavy atom. The maximum absolute atomic E-state index is 13.0. The third-order valence-corrected chi connectivity index (χ3v) is 5.91. The Balaban J connectivity index is 1.73. The molecular formula is C25H24N4O4. The van der Waals surface area contributed by atoms with E-state index < -0.39 is 17.9 Å². The molecule has 2 aromatic heterocycles. The molecule has 0 radical (unpaired) electrons. The SMILES string of the molecule is CN(C)CC(O)Cn1cc(C2=C(c3c[nH]c4ccccc34)C(=O)NC2=O)c2ccc(O)cc21. The number of likely N-dealkylation sites (N-methyl/N-ethyl adjacent to an activating group) is 1. The monoisotopic (exact) mass is 444 g/mol. The second-order valence-electron chi connectivity index (χ2n) is 8.59. The fourth-order valence-corrected chi connectivity index (χ4v) is 4.58. The predicted molar refractivity (Wildman–Crippen MR) is 126 cm³/mol. The number of hydrogen-bond donors (Lipinski definition) is 4. The van der Waals surface area contributed by atoms with E-state index in [1.807, 2.05) is 47.8 Å². The lowest BCUT2D eigenvalue weighted by molar-refractivity contribution is -0.122. The molecule has 4 aromatic rings. The van der Waals surface area contributed by atoms with Crippen molar-refractivity contribution in [1.29, 1.82) is 0 Å². The highest BCUT2D eigenvalue weighted by atomic mass is 16.3. The molecule has 33 heavy (non-hydrogen) atoms. The molecule has 0 saturated carbocycles. The maximum atomic E-state index is 13.0. The molecule has 0 fully saturated rings. The van der Waals surface area contributed by atoms with Crippen LogP contribution < -0.4 is 5.32 Å². The van der Waals surface area contributed by atoms with E-state index in [2.05, 4.69) is 10.3 Å². The Bertz CT molecular complexity index is 1440. The van der Waals surface area contributed by atoms with Gasteiger partial charge < -0.3 is 24.7 Å². The van der Waals surface area contributed by atoms with Crippen molar-refractivity contribution < 1.29 is 19.8 Å². The van der Waals surface area contributed by atoms with Crippen LogP contribution in [-0.4, -0.2) is 63.2 Å². The smallest absolute Gasteiger partial charge is 0.259 e. The van der Waals surface area contributed by atoms with Gasteiger partial charge in [-0.2, -0.15) is 0 Å². The third kappa shape index (κ3) is 3.59. The van der Waals surface area contributed by atoms with Crippen molar-refractivity contribution >= 4 is 44.8 Å². The lowest BCUT2D eigenvalue weighted by atomic mass is 9.95. The van der Waals surface area contributed by atoms with Crippen LogP contribution in [0.4, 0.5) is 0 Å². The second-order valence-corrected chi connectivity index (χ2v) is 8.59. The number of aliphatic hydroxyl groups excluding tert-OH is 1. The van der Waals surface area contributed by atoms with Gasteiger partial charge in [-0.3, -0.25) is 14.9 Å². The molecule has 1 unspecified atom stereocenters. The number of nitrogens with zero attached hydrogens (tertiary/aromatic N) is 2. The Morgan fingerprint density at radius 2 is 1.73 bits per heavy atom. The van der Waals surface area contributed by atoms with Gasteiger partial charge in [-0.25, -0.2) is 0 Å². The molecule has 4 N–H and O–H groups in total. The minimum Gasteiger partial charge on any atom is -0.508 e. The topological polar surface area (TPSA) is 111 Å². The number of aromatic hydroxyl groups is 1. The number of H-pyrrole nitrogens is 1. The molecule has 2 amide bonds. The molecule has 5 rings (SSSR count). The summed E-state index contributed by atoms with van der Waals surface area (Å²) in [6, 6.07) is 12.5. The van der Waals surface area contributed by atoms with E-state index in [4.69, 9.17) is 0 Å². The summed E-state index contributed by atoms with van der Waals surface area (Å²) in [5, 5.41) is 24.6. The minimum absolute atomic E-state index is 0.0771. The van der Waals surface area contributed by atoms with Crippen LogP contribution in [0.2, 0.25) is 0 Å². The number of phenolic OH excluding ortho intramolecular Hbond substituents is 1. The molecule has 1 atom stereocenters. The molecule has 0 saturated heterocycles. The van der Waals surface area contributed by atoms with Gasteiger partial charge >= 0.3 is 0 Å². The van der Waals surface area contributed by atoms with Gasteiger partial charge in [-0.05, 0) is 32.3 Å². The largest absolute Gasteiger partial charge is 0.508 e. The molecule has 3 heterocycles. The van der Waals surface area contributed by atoms with E-state index in [1.165, 1.54) is 0 Å². The number of aromatic amines is 1. The van der Waals surface area contributed by atoms with Crippen molar-refractivity contribution in [3.8, 4) is 5.75 Å². The highest BCUT2D eigenvalue weighted by Gasteiger charge is 2.35. The number of aliphatic hydroxyl groups is 1. The van der Waals surface area contributed by atoms with Gasteiger partial charge in [-0.15, -0.1) is 0 Å². The van der Waals surface area contributed by atoms with Crippen molar-refractivity contribution in [2.45, 2.75) is 12.6 Å². The summed E-state index contributed by atoms with van der Waals surface area (Å²) < 4.78 is 1.81. The molecule has 1 aliphatic heterocycles. The molecule has 0 aliphatic carbocycles. The second kappa shape index (κ2) is 7.91. The van der Waals surface area contributed by atoms with Crippen LogP contribution in [0.5, 0.6) is 5.75 Å². The predicted octanol–water partition coefficient (Wildman–Crippen LogP) is 2.32. The molecular weight excluding hydrogens is 420 g/mol. The van der Waals surface area contributed by atoms with Crippen molar-refractivity contribution in [2.24, 2.45) is 0 Å². The molecule has 8 nitrogen and oxygen atoms in total. The summed E-state index contributed by atoms with van der Waals surface area (Å²) in [6.07, 6.45) is 2.85. The highest BCUT2D eigenvalue weighted by Crippen LogP contribution is 2.39. The molecule has 8 heteroatoms.